The van der Waals surface area contributed by atoms with Gasteiger partial charge in [0.25, 0.3) is 0 Å². The number of hydrogen-bond acceptors (Lipinski definition) is 4. The van der Waals surface area contributed by atoms with E-state index in [9.17, 15) is 17.9 Å². The van der Waals surface area contributed by atoms with Crippen LogP contribution in [0.2, 0.25) is 5.02 Å². The third kappa shape index (κ3) is 4.71. The van der Waals surface area contributed by atoms with Crippen LogP contribution < -0.4 is 4.74 Å². The third-order valence-corrected chi connectivity index (χ3v) is 4.66. The van der Waals surface area contributed by atoms with Crippen molar-refractivity contribution in [2.24, 2.45) is 0 Å². The van der Waals surface area contributed by atoms with Crippen LogP contribution in [0.1, 0.15) is 11.1 Å². The van der Waals surface area contributed by atoms with Gasteiger partial charge >= 0.3 is 0 Å². The molecule has 0 aliphatic carbocycles. The summed E-state index contributed by atoms with van der Waals surface area (Å²) in [6.45, 7) is 0. The smallest absolute Gasteiger partial charge is 0.175 e. The largest absolute Gasteiger partial charge is 0.504 e. The number of benzene rings is 2. The molecule has 0 unspecified atom stereocenters. The van der Waals surface area contributed by atoms with Gasteiger partial charge in [-0.2, -0.15) is 0 Å². The van der Waals surface area contributed by atoms with E-state index >= 15 is 0 Å². The Bertz CT molecular complexity index is 847. The quantitative estimate of drug-likeness (QED) is 0.885. The number of ether oxygens (including phenoxy) is 1. The fourth-order valence-corrected chi connectivity index (χ4v) is 3.34. The van der Waals surface area contributed by atoms with Crippen LogP contribution in [0.5, 0.6) is 11.5 Å². The standard InChI is InChI=1S/C16H14ClFO4S/c1-22-16-8-11(2-5-15(16)19)6-7-23(20,21)10-12-3-4-13(18)9-14(12)17/h2-9,19H,10H2,1H3/b7-6-. The Kier molecular flexibility index (Phi) is 5.28. The second-order valence-corrected chi connectivity index (χ2v) is 7.07. The molecule has 23 heavy (non-hydrogen) atoms. The predicted octanol–water partition coefficient (Wildman–Crippen LogP) is 3.78. The van der Waals surface area contributed by atoms with E-state index in [0.717, 1.165) is 17.5 Å². The molecule has 7 heteroatoms. The molecule has 4 nitrogen and oxygen atoms in total. The zero-order valence-corrected chi connectivity index (χ0v) is 13.7. The maximum Gasteiger partial charge on any atom is 0.175 e. The molecule has 0 saturated heterocycles. The first-order valence-corrected chi connectivity index (χ1v) is 8.62. The summed E-state index contributed by atoms with van der Waals surface area (Å²) < 4.78 is 42.2. The maximum absolute atomic E-state index is 13.0. The van der Waals surface area contributed by atoms with Crippen molar-refractivity contribution in [2.75, 3.05) is 7.11 Å². The number of methoxy groups -OCH3 is 1. The first-order chi connectivity index (χ1) is 10.8. The van der Waals surface area contributed by atoms with Crippen molar-refractivity contribution in [3.8, 4) is 11.5 Å². The molecule has 0 spiro atoms. The number of aromatic hydroxyl groups is 1. The van der Waals surface area contributed by atoms with Gasteiger partial charge in [-0.25, -0.2) is 12.8 Å². The minimum atomic E-state index is -3.59. The molecule has 0 bridgehead atoms. The lowest BCUT2D eigenvalue weighted by Crippen LogP contribution is -2.01. The molecule has 2 aromatic carbocycles. The van der Waals surface area contributed by atoms with Crippen molar-refractivity contribution < 1.29 is 22.7 Å². The van der Waals surface area contributed by atoms with Crippen LogP contribution in [0.15, 0.2) is 41.8 Å². The minimum Gasteiger partial charge on any atom is -0.504 e. The lowest BCUT2D eigenvalue weighted by Gasteiger charge is -2.05. The van der Waals surface area contributed by atoms with E-state index in [0.29, 0.717) is 11.1 Å². The number of hydrogen-bond donors (Lipinski definition) is 1. The van der Waals surface area contributed by atoms with E-state index in [1.165, 1.54) is 31.4 Å². The second kappa shape index (κ2) is 7.02. The summed E-state index contributed by atoms with van der Waals surface area (Å²) in [6.07, 6.45) is 1.38. The normalized spacial score (nSPS) is 11.8. The lowest BCUT2D eigenvalue weighted by molar-refractivity contribution is 0.373. The molecular formula is C16H14ClFO4S. The van der Waals surface area contributed by atoms with Crippen LogP contribution in [0, 0.1) is 5.82 Å². The highest BCUT2D eigenvalue weighted by atomic mass is 35.5. The summed E-state index contributed by atoms with van der Waals surface area (Å²) in [5.74, 6) is -0.655. The number of halogens is 2. The lowest BCUT2D eigenvalue weighted by atomic mass is 10.2. The van der Waals surface area contributed by atoms with E-state index in [4.69, 9.17) is 16.3 Å². The van der Waals surface area contributed by atoms with Gasteiger partial charge in [0.1, 0.15) is 5.82 Å². The first kappa shape index (κ1) is 17.3. The van der Waals surface area contributed by atoms with E-state index < -0.39 is 15.7 Å². The van der Waals surface area contributed by atoms with Gasteiger partial charge in [-0.15, -0.1) is 0 Å². The van der Waals surface area contributed by atoms with E-state index in [-0.39, 0.29) is 22.3 Å². The molecule has 0 aliphatic rings. The van der Waals surface area contributed by atoms with Crippen LogP contribution in [-0.2, 0) is 15.6 Å². The number of rotatable bonds is 5. The SMILES string of the molecule is COc1cc(/C=C\S(=O)(=O)Cc2ccc(F)cc2Cl)ccc1O. The van der Waals surface area contributed by atoms with Crippen LogP contribution >= 0.6 is 11.6 Å². The number of phenolic OH excluding ortho intramolecular Hbond substituents is 1. The average molecular weight is 357 g/mol. The third-order valence-electron chi connectivity index (χ3n) is 3.04. The summed E-state index contributed by atoms with van der Waals surface area (Å²) >= 11 is 5.84. The van der Waals surface area contributed by atoms with Crippen LogP contribution in [0.3, 0.4) is 0 Å². The van der Waals surface area contributed by atoms with Crippen molar-refractivity contribution >= 4 is 27.5 Å². The average Bonchev–Trinajstić information content (AvgIpc) is 2.49. The van der Waals surface area contributed by atoms with Gasteiger partial charge in [0.05, 0.1) is 12.9 Å². The number of phenols is 1. The Hall–Kier alpha value is -2.05. The fourth-order valence-electron chi connectivity index (χ4n) is 1.88. The second-order valence-electron chi connectivity index (χ2n) is 4.78. The highest BCUT2D eigenvalue weighted by Crippen LogP contribution is 2.27. The van der Waals surface area contributed by atoms with E-state index in [1.807, 2.05) is 0 Å². The van der Waals surface area contributed by atoms with Gasteiger partial charge in [0, 0.05) is 10.4 Å². The van der Waals surface area contributed by atoms with Crippen molar-refractivity contribution in [3.63, 3.8) is 0 Å². The highest BCUT2D eigenvalue weighted by molar-refractivity contribution is 7.93. The van der Waals surface area contributed by atoms with Crippen molar-refractivity contribution in [1.29, 1.82) is 0 Å². The Morgan fingerprint density at radius 1 is 1.26 bits per heavy atom. The Balaban J connectivity index is 2.20. The van der Waals surface area contributed by atoms with Crippen molar-refractivity contribution in [1.82, 2.24) is 0 Å². The molecule has 0 fully saturated rings. The molecule has 122 valence electrons. The highest BCUT2D eigenvalue weighted by Gasteiger charge is 2.12. The fraction of sp³-hybridized carbons (Fsp3) is 0.125. The summed E-state index contributed by atoms with van der Waals surface area (Å²) in [5, 5.41) is 10.6. The molecule has 0 aliphatic heterocycles. The molecule has 2 aromatic rings. The van der Waals surface area contributed by atoms with Gasteiger partial charge in [-0.3, -0.25) is 0 Å². The Morgan fingerprint density at radius 2 is 2.00 bits per heavy atom. The first-order valence-electron chi connectivity index (χ1n) is 6.52. The molecule has 1 N–H and O–H groups in total. The van der Waals surface area contributed by atoms with Crippen molar-refractivity contribution in [2.45, 2.75) is 5.75 Å². The number of sulfone groups is 1. The molecule has 2 rings (SSSR count). The van der Waals surface area contributed by atoms with Crippen molar-refractivity contribution in [3.05, 3.63) is 63.8 Å². The van der Waals surface area contributed by atoms with Crippen LogP contribution in [-0.4, -0.2) is 20.6 Å². The van der Waals surface area contributed by atoms with Crippen LogP contribution in [0.4, 0.5) is 4.39 Å². The summed E-state index contributed by atoms with van der Waals surface area (Å²) in [5.41, 5.74) is 0.870. The molecule has 0 saturated carbocycles. The van der Waals surface area contributed by atoms with Gasteiger partial charge in [-0.1, -0.05) is 23.7 Å². The summed E-state index contributed by atoms with van der Waals surface area (Å²) in [7, 11) is -2.19. The van der Waals surface area contributed by atoms with Gasteiger partial charge in [-0.05, 0) is 41.5 Å². The van der Waals surface area contributed by atoms with Gasteiger partial charge in [0.15, 0.2) is 21.3 Å². The topological polar surface area (TPSA) is 63.6 Å². The molecule has 0 amide bonds. The molecular weight excluding hydrogens is 343 g/mol. The van der Waals surface area contributed by atoms with E-state index in [1.54, 1.807) is 6.07 Å². The van der Waals surface area contributed by atoms with Gasteiger partial charge in [0.2, 0.25) is 0 Å². The zero-order valence-electron chi connectivity index (χ0n) is 12.2. The molecule has 0 radical (unpaired) electrons. The minimum absolute atomic E-state index is 0.0365. The maximum atomic E-state index is 13.0. The van der Waals surface area contributed by atoms with E-state index in [2.05, 4.69) is 0 Å². The molecule has 0 heterocycles. The Morgan fingerprint density at radius 3 is 2.65 bits per heavy atom. The Labute approximate surface area is 138 Å². The zero-order chi connectivity index (χ0) is 17.0. The monoisotopic (exact) mass is 356 g/mol. The summed E-state index contributed by atoms with van der Waals surface area (Å²) in [6, 6.07) is 8.03. The molecule has 0 atom stereocenters. The van der Waals surface area contributed by atoms with Crippen LogP contribution in [0.25, 0.3) is 6.08 Å². The summed E-state index contributed by atoms with van der Waals surface area (Å²) in [4.78, 5) is 0. The van der Waals surface area contributed by atoms with Gasteiger partial charge < -0.3 is 9.84 Å². The molecule has 0 aromatic heterocycles. The predicted molar refractivity (Wildman–Crippen MR) is 87.7 cm³/mol.